The van der Waals surface area contributed by atoms with Crippen LogP contribution in [0.3, 0.4) is 0 Å². The average molecular weight is 271 g/mol. The first-order valence-corrected chi connectivity index (χ1v) is 6.85. The summed E-state index contributed by atoms with van der Waals surface area (Å²) < 4.78 is 23.7. The van der Waals surface area contributed by atoms with Gasteiger partial charge in [0.1, 0.15) is 5.75 Å². The van der Waals surface area contributed by atoms with Crippen LogP contribution >= 0.6 is 0 Å². The molecule has 0 fully saturated rings. The van der Waals surface area contributed by atoms with Crippen molar-refractivity contribution >= 4 is 21.7 Å². The highest BCUT2D eigenvalue weighted by Gasteiger charge is 2.20. The lowest BCUT2D eigenvalue weighted by Crippen LogP contribution is -2.30. The van der Waals surface area contributed by atoms with Crippen molar-refractivity contribution in [1.29, 1.82) is 0 Å². The Balaban J connectivity index is 3.02. The van der Waals surface area contributed by atoms with E-state index in [4.69, 9.17) is 5.11 Å². The minimum atomic E-state index is -3.81. The first-order chi connectivity index (χ1) is 8.36. The van der Waals surface area contributed by atoms with Gasteiger partial charge >= 0.3 is 5.97 Å². The summed E-state index contributed by atoms with van der Waals surface area (Å²) in [5.41, 5.74) is -0.132. The third-order valence-corrected chi connectivity index (χ3v) is 3.75. The molecule has 6 nitrogen and oxygen atoms in total. The largest absolute Gasteiger partial charge is 0.478 e. The van der Waals surface area contributed by atoms with Gasteiger partial charge in [0.25, 0.3) is 0 Å². The van der Waals surface area contributed by atoms with E-state index >= 15 is 0 Å². The molecule has 0 atom stereocenters. The van der Waals surface area contributed by atoms with Gasteiger partial charge in [-0.2, -0.15) is 0 Å². The van der Waals surface area contributed by atoms with Crippen LogP contribution in [0, 0.1) is 0 Å². The lowest BCUT2D eigenvalue weighted by molar-refractivity contribution is -0.118. The fourth-order valence-electron chi connectivity index (χ4n) is 1.33. The molecule has 1 amide bonds. The predicted octanol–water partition coefficient (Wildman–Crippen LogP) is 0.295. The molecule has 2 N–H and O–H groups in total. The molecule has 1 aromatic carbocycles. The summed E-state index contributed by atoms with van der Waals surface area (Å²) in [6.07, 6.45) is 0. The molecule has 0 aliphatic heterocycles. The van der Waals surface area contributed by atoms with Gasteiger partial charge in [-0.05, 0) is 25.1 Å². The Morgan fingerprint density at radius 2 is 2.00 bits per heavy atom. The summed E-state index contributed by atoms with van der Waals surface area (Å²) in [4.78, 5) is 21.8. The van der Waals surface area contributed by atoms with E-state index in [0.29, 0.717) is 6.54 Å². The molecule has 1 aromatic rings. The van der Waals surface area contributed by atoms with E-state index in [1.807, 2.05) is 0 Å². The molecule has 0 spiro atoms. The van der Waals surface area contributed by atoms with Crippen molar-refractivity contribution in [3.63, 3.8) is 0 Å². The van der Waals surface area contributed by atoms with Crippen molar-refractivity contribution in [2.75, 3.05) is 12.3 Å². The minimum absolute atomic E-state index is 0.132. The predicted molar refractivity (Wildman–Crippen MR) is 64.1 cm³/mol. The van der Waals surface area contributed by atoms with Gasteiger partial charge in [-0.3, -0.25) is 4.79 Å². The van der Waals surface area contributed by atoms with Crippen LogP contribution in [0.4, 0.5) is 0 Å². The van der Waals surface area contributed by atoms with Gasteiger partial charge in [0.15, 0.2) is 9.84 Å². The molecule has 0 aliphatic carbocycles. The maximum atomic E-state index is 11.8. The molecule has 0 heterocycles. The lowest BCUT2D eigenvalue weighted by Gasteiger charge is -2.05. The normalized spacial score (nSPS) is 10.9. The molecular formula is C11H13NO5S. The summed E-state index contributed by atoms with van der Waals surface area (Å²) in [5, 5.41) is 11.1. The topological polar surface area (TPSA) is 101 Å². The maximum Gasteiger partial charge on any atom is 0.335 e. The number of hydrogen-bond acceptors (Lipinski definition) is 4. The van der Waals surface area contributed by atoms with E-state index in [2.05, 4.69) is 5.32 Å². The molecule has 98 valence electrons. The number of aromatic carboxylic acids is 1. The highest BCUT2D eigenvalue weighted by Crippen LogP contribution is 2.13. The number of nitrogens with one attached hydrogen (secondary N) is 1. The van der Waals surface area contributed by atoms with Crippen LogP contribution in [0.1, 0.15) is 17.3 Å². The van der Waals surface area contributed by atoms with Crippen molar-refractivity contribution in [3.05, 3.63) is 29.8 Å². The van der Waals surface area contributed by atoms with E-state index in [1.54, 1.807) is 6.92 Å². The Hall–Kier alpha value is -1.89. The summed E-state index contributed by atoms with van der Waals surface area (Å²) in [7, 11) is -3.81. The average Bonchev–Trinajstić information content (AvgIpc) is 2.28. The number of carbonyl (C=O) groups excluding carboxylic acids is 1. The Bertz CT molecular complexity index is 565. The Morgan fingerprint density at radius 3 is 2.56 bits per heavy atom. The smallest absolute Gasteiger partial charge is 0.335 e. The van der Waals surface area contributed by atoms with Gasteiger partial charge in [-0.1, -0.05) is 6.07 Å². The van der Waals surface area contributed by atoms with E-state index < -0.39 is 27.5 Å². The van der Waals surface area contributed by atoms with Crippen molar-refractivity contribution in [2.24, 2.45) is 0 Å². The zero-order valence-electron chi connectivity index (χ0n) is 9.71. The van der Waals surface area contributed by atoms with Crippen LogP contribution in [0.25, 0.3) is 0 Å². The molecule has 1 rings (SSSR count). The van der Waals surface area contributed by atoms with E-state index in [-0.39, 0.29) is 10.5 Å². The molecule has 0 saturated carbocycles. The molecular weight excluding hydrogens is 258 g/mol. The molecule has 0 radical (unpaired) electrons. The highest BCUT2D eigenvalue weighted by atomic mass is 32.2. The summed E-state index contributed by atoms with van der Waals surface area (Å²) in [6.45, 7) is 2.01. The number of carboxylic acids is 1. The zero-order valence-corrected chi connectivity index (χ0v) is 10.5. The van der Waals surface area contributed by atoms with Gasteiger partial charge in [0, 0.05) is 6.54 Å². The van der Waals surface area contributed by atoms with E-state index in [0.717, 1.165) is 6.07 Å². The summed E-state index contributed by atoms with van der Waals surface area (Å²) in [5.74, 6) is -2.52. The van der Waals surface area contributed by atoms with Crippen LogP contribution in [-0.4, -0.2) is 37.7 Å². The van der Waals surface area contributed by atoms with E-state index in [1.165, 1.54) is 18.2 Å². The Labute approximate surface area is 105 Å². The van der Waals surface area contributed by atoms with Gasteiger partial charge in [0.05, 0.1) is 10.5 Å². The van der Waals surface area contributed by atoms with Crippen molar-refractivity contribution < 1.29 is 23.1 Å². The second-order valence-corrected chi connectivity index (χ2v) is 5.54. The number of amides is 1. The third kappa shape index (κ3) is 3.56. The number of carbonyl (C=O) groups is 2. The Morgan fingerprint density at radius 1 is 1.33 bits per heavy atom. The van der Waals surface area contributed by atoms with E-state index in [9.17, 15) is 18.0 Å². The molecule has 0 aliphatic rings. The van der Waals surface area contributed by atoms with Crippen molar-refractivity contribution in [2.45, 2.75) is 11.8 Å². The first kappa shape index (κ1) is 14.2. The van der Waals surface area contributed by atoms with Crippen LogP contribution < -0.4 is 5.32 Å². The first-order valence-electron chi connectivity index (χ1n) is 5.19. The van der Waals surface area contributed by atoms with Crippen LogP contribution in [-0.2, 0) is 14.6 Å². The van der Waals surface area contributed by atoms with Crippen molar-refractivity contribution in [3.8, 4) is 0 Å². The maximum absolute atomic E-state index is 11.8. The lowest BCUT2D eigenvalue weighted by atomic mass is 10.2. The fourth-order valence-corrected chi connectivity index (χ4v) is 2.53. The fraction of sp³-hybridized carbons (Fsp3) is 0.273. The molecule has 0 saturated heterocycles. The number of rotatable bonds is 5. The highest BCUT2D eigenvalue weighted by molar-refractivity contribution is 7.92. The van der Waals surface area contributed by atoms with Crippen LogP contribution in [0.15, 0.2) is 29.2 Å². The number of benzene rings is 1. The van der Waals surface area contributed by atoms with Gasteiger partial charge in [-0.15, -0.1) is 0 Å². The Kier molecular flexibility index (Phi) is 4.43. The standard InChI is InChI=1S/C11H13NO5S/c1-2-12-10(13)7-18(16,17)9-5-3-4-8(6-9)11(14)15/h3-6H,2,7H2,1H3,(H,12,13)(H,14,15). The third-order valence-electron chi connectivity index (χ3n) is 2.14. The minimum Gasteiger partial charge on any atom is -0.478 e. The molecule has 0 aromatic heterocycles. The molecule has 0 unspecified atom stereocenters. The van der Waals surface area contributed by atoms with Gasteiger partial charge in [-0.25, -0.2) is 13.2 Å². The molecule has 18 heavy (non-hydrogen) atoms. The SMILES string of the molecule is CCNC(=O)CS(=O)(=O)c1cccc(C(=O)O)c1. The van der Waals surface area contributed by atoms with Gasteiger partial charge < -0.3 is 10.4 Å². The number of sulfone groups is 1. The second-order valence-electron chi connectivity index (χ2n) is 3.55. The summed E-state index contributed by atoms with van der Waals surface area (Å²) >= 11 is 0. The van der Waals surface area contributed by atoms with Crippen LogP contribution in [0.2, 0.25) is 0 Å². The quantitative estimate of drug-likeness (QED) is 0.802. The molecule has 0 bridgehead atoms. The number of hydrogen-bond donors (Lipinski definition) is 2. The van der Waals surface area contributed by atoms with Crippen molar-refractivity contribution in [1.82, 2.24) is 5.32 Å². The monoisotopic (exact) mass is 271 g/mol. The summed E-state index contributed by atoms with van der Waals surface area (Å²) in [6, 6.07) is 4.92. The van der Waals surface area contributed by atoms with Crippen LogP contribution in [0.5, 0.6) is 0 Å². The van der Waals surface area contributed by atoms with Gasteiger partial charge in [0.2, 0.25) is 5.91 Å². The second kappa shape index (κ2) is 5.63. The number of carboxylic acid groups (broad SMARTS) is 1. The molecule has 7 heteroatoms. The zero-order chi connectivity index (χ0) is 13.8.